The summed E-state index contributed by atoms with van der Waals surface area (Å²) in [6.45, 7) is 1.75. The largest absolute Gasteiger partial charge is 0.496 e. The second-order valence-electron chi connectivity index (χ2n) is 4.57. The van der Waals surface area contributed by atoms with Gasteiger partial charge in [-0.2, -0.15) is 0 Å². The van der Waals surface area contributed by atoms with Gasteiger partial charge >= 0.3 is 5.97 Å². The van der Waals surface area contributed by atoms with E-state index < -0.39 is 17.8 Å². The van der Waals surface area contributed by atoms with E-state index in [4.69, 9.17) is 9.84 Å². The molecule has 0 bridgehead atoms. The zero-order valence-electron chi connectivity index (χ0n) is 11.8. The maximum absolute atomic E-state index is 14.0. The summed E-state index contributed by atoms with van der Waals surface area (Å²) in [7, 11) is 1.47. The van der Waals surface area contributed by atoms with E-state index in [1.54, 1.807) is 37.3 Å². The molecule has 0 radical (unpaired) electrons. The lowest BCUT2D eigenvalue weighted by Gasteiger charge is -2.20. The van der Waals surface area contributed by atoms with Crippen molar-refractivity contribution in [2.24, 2.45) is 0 Å². The van der Waals surface area contributed by atoms with E-state index >= 15 is 0 Å². The van der Waals surface area contributed by atoms with E-state index in [1.165, 1.54) is 19.2 Å². The average Bonchev–Trinajstić information content (AvgIpc) is 2.47. The fourth-order valence-electron chi connectivity index (χ4n) is 2.22. The molecule has 1 atom stereocenters. The van der Waals surface area contributed by atoms with Crippen molar-refractivity contribution < 1.29 is 19.0 Å². The monoisotopic (exact) mass is 289 g/mol. The van der Waals surface area contributed by atoms with Crippen LogP contribution in [0.4, 0.5) is 10.1 Å². The van der Waals surface area contributed by atoms with Crippen molar-refractivity contribution in [2.45, 2.75) is 13.0 Å². The van der Waals surface area contributed by atoms with Crippen LogP contribution in [0, 0.1) is 5.82 Å². The first-order chi connectivity index (χ1) is 10.0. The van der Waals surface area contributed by atoms with Crippen LogP contribution in [0.5, 0.6) is 5.75 Å². The third-order valence-electron chi connectivity index (χ3n) is 3.20. The fraction of sp³-hybridized carbons (Fsp3) is 0.188. The molecule has 1 unspecified atom stereocenters. The SMILES string of the molecule is COc1cccc(F)c1C(C)Nc1ccccc1C(=O)O. The van der Waals surface area contributed by atoms with Crippen molar-refractivity contribution in [3.63, 3.8) is 0 Å². The van der Waals surface area contributed by atoms with Gasteiger partial charge in [-0.05, 0) is 31.2 Å². The van der Waals surface area contributed by atoms with Crippen LogP contribution >= 0.6 is 0 Å². The van der Waals surface area contributed by atoms with Crippen molar-refractivity contribution in [3.8, 4) is 5.75 Å². The number of ether oxygens (including phenoxy) is 1. The second kappa shape index (κ2) is 6.26. The molecule has 0 aliphatic carbocycles. The number of carbonyl (C=O) groups is 1. The standard InChI is InChI=1S/C16H16FNO3/c1-10(15-12(17)7-5-9-14(15)21-2)18-13-8-4-3-6-11(13)16(19)20/h3-10,18H,1-2H3,(H,19,20). The third-order valence-corrected chi connectivity index (χ3v) is 3.20. The molecule has 21 heavy (non-hydrogen) atoms. The van der Waals surface area contributed by atoms with Crippen molar-refractivity contribution in [1.82, 2.24) is 0 Å². The van der Waals surface area contributed by atoms with Crippen molar-refractivity contribution >= 4 is 11.7 Å². The van der Waals surface area contributed by atoms with Gasteiger partial charge in [-0.25, -0.2) is 9.18 Å². The summed E-state index contributed by atoms with van der Waals surface area (Å²) in [6, 6.07) is 10.6. The smallest absolute Gasteiger partial charge is 0.337 e. The van der Waals surface area contributed by atoms with E-state index in [1.807, 2.05) is 0 Å². The van der Waals surface area contributed by atoms with Gasteiger partial charge in [-0.3, -0.25) is 0 Å². The fourth-order valence-corrected chi connectivity index (χ4v) is 2.22. The molecule has 0 amide bonds. The van der Waals surface area contributed by atoms with Gasteiger partial charge < -0.3 is 15.2 Å². The average molecular weight is 289 g/mol. The van der Waals surface area contributed by atoms with E-state index in [0.717, 1.165) is 0 Å². The lowest BCUT2D eigenvalue weighted by Crippen LogP contribution is -2.13. The Morgan fingerprint density at radius 3 is 2.62 bits per heavy atom. The number of methoxy groups -OCH3 is 1. The normalized spacial score (nSPS) is 11.8. The van der Waals surface area contributed by atoms with E-state index in [0.29, 0.717) is 17.0 Å². The minimum atomic E-state index is -1.04. The Morgan fingerprint density at radius 2 is 1.95 bits per heavy atom. The Hall–Kier alpha value is -2.56. The number of nitrogens with one attached hydrogen (secondary N) is 1. The van der Waals surface area contributed by atoms with Gasteiger partial charge in [0, 0.05) is 5.69 Å². The third kappa shape index (κ3) is 3.13. The van der Waals surface area contributed by atoms with Crippen LogP contribution in [0.25, 0.3) is 0 Å². The van der Waals surface area contributed by atoms with E-state index in [-0.39, 0.29) is 5.56 Å². The Morgan fingerprint density at radius 1 is 1.24 bits per heavy atom. The number of hydrogen-bond acceptors (Lipinski definition) is 3. The highest BCUT2D eigenvalue weighted by Gasteiger charge is 2.18. The van der Waals surface area contributed by atoms with Gasteiger partial charge in [-0.1, -0.05) is 18.2 Å². The zero-order valence-corrected chi connectivity index (χ0v) is 11.8. The van der Waals surface area contributed by atoms with Gasteiger partial charge in [0.2, 0.25) is 0 Å². The number of carboxylic acids is 1. The molecule has 0 fully saturated rings. The van der Waals surface area contributed by atoms with Gasteiger partial charge in [0.15, 0.2) is 0 Å². The van der Waals surface area contributed by atoms with Crippen LogP contribution in [0.1, 0.15) is 28.9 Å². The first-order valence-corrected chi connectivity index (χ1v) is 6.46. The molecule has 2 aromatic carbocycles. The van der Waals surface area contributed by atoms with Gasteiger partial charge in [0.05, 0.1) is 24.3 Å². The number of aromatic carboxylic acids is 1. The lowest BCUT2D eigenvalue weighted by molar-refractivity contribution is 0.0698. The molecule has 0 spiro atoms. The molecule has 2 N–H and O–H groups in total. The molecule has 2 rings (SSSR count). The first-order valence-electron chi connectivity index (χ1n) is 6.46. The number of hydrogen-bond donors (Lipinski definition) is 2. The summed E-state index contributed by atoms with van der Waals surface area (Å²) >= 11 is 0. The van der Waals surface area contributed by atoms with Crippen LogP contribution in [0.15, 0.2) is 42.5 Å². The molecule has 0 aliphatic rings. The molecule has 0 aliphatic heterocycles. The molecular weight excluding hydrogens is 273 g/mol. The Balaban J connectivity index is 2.35. The van der Waals surface area contributed by atoms with Gasteiger partial charge in [-0.15, -0.1) is 0 Å². The summed E-state index contributed by atoms with van der Waals surface area (Å²) in [5.41, 5.74) is 0.933. The van der Waals surface area contributed by atoms with Crippen molar-refractivity contribution in [2.75, 3.05) is 12.4 Å². The zero-order chi connectivity index (χ0) is 15.4. The summed E-state index contributed by atoms with van der Waals surface area (Å²) in [4.78, 5) is 11.2. The minimum Gasteiger partial charge on any atom is -0.496 e. The second-order valence-corrected chi connectivity index (χ2v) is 4.57. The summed E-state index contributed by atoms with van der Waals surface area (Å²) in [6.07, 6.45) is 0. The summed E-state index contributed by atoms with van der Waals surface area (Å²) < 4.78 is 19.2. The number of carboxylic acid groups (broad SMARTS) is 1. The molecule has 2 aromatic rings. The predicted molar refractivity (Wildman–Crippen MR) is 78.4 cm³/mol. The number of anilines is 1. The molecule has 0 heterocycles. The number of halogens is 1. The maximum atomic E-state index is 14.0. The predicted octanol–water partition coefficient (Wildman–Crippen LogP) is 3.71. The van der Waals surface area contributed by atoms with Gasteiger partial charge in [0.25, 0.3) is 0 Å². The first kappa shape index (κ1) is 14.8. The van der Waals surface area contributed by atoms with Crippen LogP contribution < -0.4 is 10.1 Å². The van der Waals surface area contributed by atoms with Gasteiger partial charge in [0.1, 0.15) is 11.6 Å². The molecule has 110 valence electrons. The molecular formula is C16H16FNO3. The summed E-state index contributed by atoms with van der Waals surface area (Å²) in [5.74, 6) is -1.02. The quantitative estimate of drug-likeness (QED) is 0.881. The van der Waals surface area contributed by atoms with Crippen LogP contribution in [-0.2, 0) is 0 Å². The van der Waals surface area contributed by atoms with E-state index in [9.17, 15) is 9.18 Å². The maximum Gasteiger partial charge on any atom is 0.337 e. The minimum absolute atomic E-state index is 0.139. The molecule has 4 nitrogen and oxygen atoms in total. The Kier molecular flexibility index (Phi) is 4.42. The highest BCUT2D eigenvalue weighted by atomic mass is 19.1. The summed E-state index contributed by atoms with van der Waals surface area (Å²) in [5, 5.41) is 12.2. The molecule has 0 aromatic heterocycles. The van der Waals surface area contributed by atoms with Crippen LogP contribution in [-0.4, -0.2) is 18.2 Å². The molecule has 0 saturated carbocycles. The number of benzene rings is 2. The highest BCUT2D eigenvalue weighted by molar-refractivity contribution is 5.94. The Labute approximate surface area is 122 Å². The number of para-hydroxylation sites is 1. The molecule has 0 saturated heterocycles. The molecule has 5 heteroatoms. The van der Waals surface area contributed by atoms with E-state index in [2.05, 4.69) is 5.32 Å². The topological polar surface area (TPSA) is 58.6 Å². The highest BCUT2D eigenvalue weighted by Crippen LogP contribution is 2.31. The van der Waals surface area contributed by atoms with Crippen LogP contribution in [0.3, 0.4) is 0 Å². The lowest BCUT2D eigenvalue weighted by atomic mass is 10.0. The van der Waals surface area contributed by atoms with Crippen molar-refractivity contribution in [1.29, 1.82) is 0 Å². The Bertz CT molecular complexity index is 658. The number of rotatable bonds is 5. The van der Waals surface area contributed by atoms with Crippen LogP contribution in [0.2, 0.25) is 0 Å². The van der Waals surface area contributed by atoms with Crippen molar-refractivity contribution in [3.05, 3.63) is 59.4 Å².